The highest BCUT2D eigenvalue weighted by molar-refractivity contribution is 7.92. The summed E-state index contributed by atoms with van der Waals surface area (Å²) in [6.07, 6.45) is 6.83. The molecule has 1 N–H and O–H groups in total. The van der Waals surface area contributed by atoms with Crippen LogP contribution in [-0.2, 0) is 26.0 Å². The number of hydrogen-bond acceptors (Lipinski definition) is 4. The van der Waals surface area contributed by atoms with Crippen molar-refractivity contribution in [1.82, 2.24) is 10.2 Å². The van der Waals surface area contributed by atoms with Gasteiger partial charge in [-0.1, -0.05) is 61.2 Å². The van der Waals surface area contributed by atoms with Gasteiger partial charge < -0.3 is 10.2 Å². The molecular weight excluding hydrogens is 486 g/mol. The fourth-order valence-corrected chi connectivity index (χ4v) is 5.34. The second kappa shape index (κ2) is 12.4. The molecule has 2 aromatic carbocycles. The topological polar surface area (TPSA) is 86.8 Å². The van der Waals surface area contributed by atoms with E-state index in [4.69, 9.17) is 11.6 Å². The Bertz CT molecular complexity index is 1090. The fraction of sp³-hybridized carbons (Fsp3) is 0.462. The van der Waals surface area contributed by atoms with Crippen molar-refractivity contribution < 1.29 is 18.0 Å². The van der Waals surface area contributed by atoms with E-state index in [-0.39, 0.29) is 11.9 Å². The smallest absolute Gasteiger partial charge is 0.244 e. The first-order valence-corrected chi connectivity index (χ1v) is 14.2. The van der Waals surface area contributed by atoms with E-state index in [2.05, 4.69) is 5.32 Å². The monoisotopic (exact) mass is 519 g/mol. The average molecular weight is 520 g/mol. The average Bonchev–Trinajstić information content (AvgIpc) is 2.84. The molecule has 1 atom stereocenters. The van der Waals surface area contributed by atoms with Crippen molar-refractivity contribution in [3.05, 3.63) is 65.2 Å². The van der Waals surface area contributed by atoms with E-state index >= 15 is 0 Å². The Kier molecular flexibility index (Phi) is 9.57. The molecule has 2 amide bonds. The molecule has 0 unspecified atom stereocenters. The van der Waals surface area contributed by atoms with E-state index in [0.717, 1.165) is 41.8 Å². The van der Waals surface area contributed by atoms with Crippen molar-refractivity contribution in [2.24, 2.45) is 0 Å². The highest BCUT2D eigenvalue weighted by Gasteiger charge is 2.30. The van der Waals surface area contributed by atoms with Gasteiger partial charge in [-0.25, -0.2) is 8.42 Å². The maximum absolute atomic E-state index is 13.5. The van der Waals surface area contributed by atoms with Crippen molar-refractivity contribution in [2.45, 2.75) is 57.5 Å². The summed E-state index contributed by atoms with van der Waals surface area (Å²) in [4.78, 5) is 28.1. The Hall–Kier alpha value is -2.58. The van der Waals surface area contributed by atoms with Gasteiger partial charge in [0, 0.05) is 17.6 Å². The van der Waals surface area contributed by atoms with E-state index in [1.807, 2.05) is 30.3 Å². The third-order valence-electron chi connectivity index (χ3n) is 6.40. The van der Waals surface area contributed by atoms with Crippen molar-refractivity contribution >= 4 is 39.1 Å². The zero-order valence-corrected chi connectivity index (χ0v) is 21.9. The van der Waals surface area contributed by atoms with Crippen LogP contribution in [0.5, 0.6) is 0 Å². The number of sulfonamides is 1. The molecule has 1 fully saturated rings. The van der Waals surface area contributed by atoms with Gasteiger partial charge in [-0.15, -0.1) is 0 Å². The van der Waals surface area contributed by atoms with Gasteiger partial charge in [0.1, 0.15) is 12.6 Å². The van der Waals surface area contributed by atoms with Crippen molar-refractivity contribution in [3.8, 4) is 0 Å². The van der Waals surface area contributed by atoms with Gasteiger partial charge >= 0.3 is 0 Å². The summed E-state index contributed by atoms with van der Waals surface area (Å²) in [5.41, 5.74) is 1.37. The first-order chi connectivity index (χ1) is 16.6. The molecule has 0 heterocycles. The zero-order valence-electron chi connectivity index (χ0n) is 20.3. The first kappa shape index (κ1) is 27.0. The summed E-state index contributed by atoms with van der Waals surface area (Å²) in [7, 11) is -3.75. The molecule has 190 valence electrons. The van der Waals surface area contributed by atoms with Crippen LogP contribution in [0, 0.1) is 0 Å². The van der Waals surface area contributed by atoms with Crippen LogP contribution in [0.15, 0.2) is 54.6 Å². The Balaban J connectivity index is 1.80. The molecule has 1 aliphatic rings. The number of carbonyl (C=O) groups excluding carboxylic acids is 2. The van der Waals surface area contributed by atoms with Gasteiger partial charge in [0.05, 0.1) is 11.9 Å². The van der Waals surface area contributed by atoms with Gasteiger partial charge in [0.25, 0.3) is 0 Å². The number of halogens is 1. The maximum atomic E-state index is 13.5. The number of hydrogen-bond donors (Lipinski definition) is 1. The standard InChI is InChI=1S/C26H34ClN3O4S/c1-20(26(32)28-23-11-7-4-8-12-23)29(18-17-21-9-5-3-6-10-21)25(31)19-30(35(2,33)34)24-15-13-22(27)14-16-24/h3,5-6,9-10,13-16,20,23H,4,7-8,11-12,17-19H2,1-2H3,(H,28,32)/t20-/m0/s1. The molecule has 0 aromatic heterocycles. The third-order valence-corrected chi connectivity index (χ3v) is 7.79. The van der Waals surface area contributed by atoms with E-state index in [0.29, 0.717) is 23.7 Å². The van der Waals surface area contributed by atoms with Crippen LogP contribution in [0.4, 0.5) is 5.69 Å². The van der Waals surface area contributed by atoms with E-state index in [1.54, 1.807) is 31.2 Å². The molecule has 2 aromatic rings. The molecule has 1 aliphatic carbocycles. The van der Waals surface area contributed by atoms with E-state index in [1.165, 1.54) is 11.3 Å². The maximum Gasteiger partial charge on any atom is 0.244 e. The number of benzene rings is 2. The van der Waals surface area contributed by atoms with Crippen LogP contribution in [0.2, 0.25) is 5.02 Å². The normalized spacial score (nSPS) is 15.3. The lowest BCUT2D eigenvalue weighted by Crippen LogP contribution is -2.53. The van der Waals surface area contributed by atoms with Crippen molar-refractivity contribution in [1.29, 1.82) is 0 Å². The molecule has 0 bridgehead atoms. The van der Waals surface area contributed by atoms with Crippen LogP contribution < -0.4 is 9.62 Å². The van der Waals surface area contributed by atoms with Crippen LogP contribution in [0.1, 0.15) is 44.6 Å². The van der Waals surface area contributed by atoms with Gasteiger partial charge in [0.15, 0.2) is 0 Å². The van der Waals surface area contributed by atoms with Gasteiger partial charge in [-0.2, -0.15) is 0 Å². The molecule has 35 heavy (non-hydrogen) atoms. The molecule has 0 radical (unpaired) electrons. The minimum absolute atomic E-state index is 0.117. The predicted octanol–water partition coefficient (Wildman–Crippen LogP) is 4.01. The Morgan fingerprint density at radius 2 is 1.66 bits per heavy atom. The molecule has 0 spiro atoms. The summed E-state index contributed by atoms with van der Waals surface area (Å²) in [6, 6.07) is 15.3. The Morgan fingerprint density at radius 1 is 1.03 bits per heavy atom. The number of nitrogens with zero attached hydrogens (tertiary/aromatic N) is 2. The molecule has 1 saturated carbocycles. The summed E-state index contributed by atoms with van der Waals surface area (Å²) in [5.74, 6) is -0.650. The largest absolute Gasteiger partial charge is 0.352 e. The zero-order chi connectivity index (χ0) is 25.4. The second-order valence-corrected chi connectivity index (χ2v) is 11.4. The minimum atomic E-state index is -3.75. The van der Waals surface area contributed by atoms with Crippen LogP contribution in [0.3, 0.4) is 0 Å². The van der Waals surface area contributed by atoms with Crippen LogP contribution >= 0.6 is 11.6 Å². The predicted molar refractivity (Wildman–Crippen MR) is 140 cm³/mol. The number of anilines is 1. The quantitative estimate of drug-likeness (QED) is 0.513. The van der Waals surface area contributed by atoms with E-state index in [9.17, 15) is 18.0 Å². The summed E-state index contributed by atoms with van der Waals surface area (Å²) in [6.45, 7) is 1.59. The minimum Gasteiger partial charge on any atom is -0.352 e. The van der Waals surface area contributed by atoms with Crippen molar-refractivity contribution in [2.75, 3.05) is 23.7 Å². The lowest BCUT2D eigenvalue weighted by Gasteiger charge is -2.33. The number of carbonyl (C=O) groups is 2. The number of amides is 2. The molecule has 3 rings (SSSR count). The van der Waals surface area contributed by atoms with Crippen LogP contribution in [0.25, 0.3) is 0 Å². The molecular formula is C26H34ClN3O4S. The number of rotatable bonds is 10. The molecule has 0 saturated heterocycles. The Labute approximate surface area is 213 Å². The first-order valence-electron chi connectivity index (χ1n) is 12.0. The molecule has 7 nitrogen and oxygen atoms in total. The number of nitrogens with one attached hydrogen (secondary N) is 1. The van der Waals surface area contributed by atoms with Gasteiger partial charge in [-0.05, 0) is 56.0 Å². The summed E-state index contributed by atoms with van der Waals surface area (Å²) >= 11 is 5.96. The Morgan fingerprint density at radius 3 is 2.26 bits per heavy atom. The van der Waals surface area contributed by atoms with Gasteiger partial charge in [-0.3, -0.25) is 13.9 Å². The van der Waals surface area contributed by atoms with Gasteiger partial charge in [0.2, 0.25) is 21.8 Å². The summed E-state index contributed by atoms with van der Waals surface area (Å²) < 4.78 is 26.2. The second-order valence-electron chi connectivity index (χ2n) is 9.09. The highest BCUT2D eigenvalue weighted by atomic mass is 35.5. The SMILES string of the molecule is C[C@@H](C(=O)NC1CCCCC1)N(CCc1ccccc1)C(=O)CN(c1ccc(Cl)cc1)S(C)(=O)=O. The molecule has 9 heteroatoms. The van der Waals surface area contributed by atoms with Crippen molar-refractivity contribution in [3.63, 3.8) is 0 Å². The third kappa shape index (κ3) is 7.97. The lowest BCUT2D eigenvalue weighted by molar-refractivity contribution is -0.139. The molecule has 0 aliphatic heterocycles. The lowest BCUT2D eigenvalue weighted by atomic mass is 9.95. The highest BCUT2D eigenvalue weighted by Crippen LogP contribution is 2.21. The fourth-order valence-electron chi connectivity index (χ4n) is 4.36. The van der Waals surface area contributed by atoms with Crippen LogP contribution in [-0.4, -0.2) is 56.6 Å². The summed E-state index contributed by atoms with van der Waals surface area (Å²) in [5, 5.41) is 3.56. The van der Waals surface area contributed by atoms with E-state index < -0.39 is 28.5 Å².